The maximum absolute atomic E-state index is 12.7. The first kappa shape index (κ1) is 21.7. The fourth-order valence-corrected chi connectivity index (χ4v) is 3.74. The molecule has 0 aliphatic carbocycles. The largest absolute Gasteiger partial charge is 0.506 e. The van der Waals surface area contributed by atoms with Gasteiger partial charge in [0, 0.05) is 5.56 Å². The van der Waals surface area contributed by atoms with Crippen LogP contribution in [0.15, 0.2) is 71.6 Å². The molecular weight excluding hydrogens is 443 g/mol. The lowest BCUT2D eigenvalue weighted by molar-refractivity contribution is -0.0436. The van der Waals surface area contributed by atoms with Crippen LogP contribution in [0.4, 0.5) is 18.9 Å². The van der Waals surface area contributed by atoms with Crippen molar-refractivity contribution < 1.29 is 31.5 Å². The van der Waals surface area contributed by atoms with Crippen molar-refractivity contribution >= 4 is 33.0 Å². The van der Waals surface area contributed by atoms with Crippen molar-refractivity contribution in [2.45, 2.75) is 10.4 Å². The molecule has 3 aromatic carbocycles. The zero-order valence-electron chi connectivity index (χ0n) is 14.9. The van der Waals surface area contributed by atoms with Crippen molar-refractivity contribution in [2.24, 2.45) is 0 Å². The Kier molecular flexibility index (Phi) is 5.78. The third kappa shape index (κ3) is 4.12. The zero-order chi connectivity index (χ0) is 22.1. The molecular formula is C20H13ClF3NO4S. The fourth-order valence-electron chi connectivity index (χ4n) is 2.67. The van der Waals surface area contributed by atoms with Crippen LogP contribution < -0.4 is 5.32 Å². The number of amides is 1. The Hall–Kier alpha value is -3.04. The van der Waals surface area contributed by atoms with Crippen LogP contribution in [0, 0.1) is 0 Å². The fraction of sp³-hybridized carbons (Fsp3) is 0.0500. The number of aromatic hydroxyl groups is 1. The Labute approximate surface area is 174 Å². The van der Waals surface area contributed by atoms with E-state index in [1.807, 2.05) is 0 Å². The van der Waals surface area contributed by atoms with Gasteiger partial charge in [-0.15, -0.1) is 0 Å². The minimum Gasteiger partial charge on any atom is -0.506 e. The van der Waals surface area contributed by atoms with Gasteiger partial charge in [0.25, 0.3) is 15.7 Å². The van der Waals surface area contributed by atoms with Crippen molar-refractivity contribution in [3.05, 3.63) is 77.3 Å². The Morgan fingerprint density at radius 2 is 1.63 bits per heavy atom. The van der Waals surface area contributed by atoms with Gasteiger partial charge in [0.2, 0.25) is 0 Å². The molecule has 2 N–H and O–H groups in total. The van der Waals surface area contributed by atoms with Crippen LogP contribution >= 0.6 is 11.6 Å². The number of hydrogen-bond donors (Lipinski definition) is 2. The van der Waals surface area contributed by atoms with Crippen LogP contribution in [0.1, 0.15) is 10.4 Å². The SMILES string of the molecule is O=C(Nc1ccc(S(=O)(=O)C(F)(F)F)cc1Cl)c1cccc(-c2ccccc2)c1O. The summed E-state index contributed by atoms with van der Waals surface area (Å²) in [4.78, 5) is 11.5. The topological polar surface area (TPSA) is 83.5 Å². The summed E-state index contributed by atoms with van der Waals surface area (Å²) in [5.41, 5.74) is -4.62. The Morgan fingerprint density at radius 3 is 2.23 bits per heavy atom. The van der Waals surface area contributed by atoms with Gasteiger partial charge in [-0.25, -0.2) is 8.42 Å². The van der Waals surface area contributed by atoms with Gasteiger partial charge in [-0.3, -0.25) is 4.79 Å². The maximum atomic E-state index is 12.7. The van der Waals surface area contributed by atoms with E-state index < -0.39 is 31.2 Å². The number of halogens is 4. The molecule has 30 heavy (non-hydrogen) atoms. The number of sulfone groups is 1. The highest BCUT2D eigenvalue weighted by molar-refractivity contribution is 7.92. The zero-order valence-corrected chi connectivity index (χ0v) is 16.5. The normalized spacial score (nSPS) is 11.9. The molecule has 0 spiro atoms. The van der Waals surface area contributed by atoms with E-state index in [1.165, 1.54) is 6.07 Å². The van der Waals surface area contributed by atoms with E-state index >= 15 is 0 Å². The van der Waals surface area contributed by atoms with Gasteiger partial charge >= 0.3 is 5.51 Å². The molecule has 3 rings (SSSR count). The molecule has 0 bridgehead atoms. The number of nitrogens with one attached hydrogen (secondary N) is 1. The van der Waals surface area contributed by atoms with Crippen LogP contribution in [-0.2, 0) is 9.84 Å². The predicted octanol–water partition coefficient (Wildman–Crippen LogP) is 5.26. The molecule has 0 heterocycles. The standard InChI is InChI=1S/C20H13ClF3NO4S/c21-16-11-13(30(28,29)20(22,23)24)9-10-17(16)25-19(27)15-8-4-7-14(18(15)26)12-5-2-1-3-6-12/h1-11,26H,(H,25,27). The lowest BCUT2D eigenvalue weighted by Crippen LogP contribution is -2.23. The third-order valence-corrected chi connectivity index (χ3v) is 5.97. The molecule has 5 nitrogen and oxygen atoms in total. The molecule has 1 amide bonds. The van der Waals surface area contributed by atoms with Crippen LogP contribution in [0.2, 0.25) is 5.02 Å². The van der Waals surface area contributed by atoms with Gasteiger partial charge in [-0.2, -0.15) is 13.2 Å². The monoisotopic (exact) mass is 455 g/mol. The molecule has 0 aliphatic heterocycles. The van der Waals surface area contributed by atoms with E-state index in [0.29, 0.717) is 23.3 Å². The number of rotatable bonds is 4. The quantitative estimate of drug-likeness (QED) is 0.562. The number of para-hydroxylation sites is 1. The smallest absolute Gasteiger partial charge is 0.501 e. The summed E-state index contributed by atoms with van der Waals surface area (Å²) in [6.07, 6.45) is 0. The predicted molar refractivity (Wildman–Crippen MR) is 106 cm³/mol. The molecule has 0 aliphatic rings. The average molecular weight is 456 g/mol. The number of hydrogen-bond acceptors (Lipinski definition) is 4. The van der Waals surface area contributed by atoms with Gasteiger partial charge in [0.05, 0.1) is 21.2 Å². The van der Waals surface area contributed by atoms with E-state index in [4.69, 9.17) is 11.6 Å². The van der Waals surface area contributed by atoms with Gasteiger partial charge in [-0.05, 0) is 29.8 Å². The molecule has 0 saturated heterocycles. The van der Waals surface area contributed by atoms with Crippen LogP contribution in [0.5, 0.6) is 5.75 Å². The second-order valence-corrected chi connectivity index (χ2v) is 8.46. The third-order valence-electron chi connectivity index (χ3n) is 4.17. The number of carbonyl (C=O) groups is 1. The first-order valence-electron chi connectivity index (χ1n) is 8.32. The molecule has 10 heteroatoms. The van der Waals surface area contributed by atoms with Crippen LogP contribution in [0.25, 0.3) is 11.1 Å². The number of benzene rings is 3. The highest BCUT2D eigenvalue weighted by Crippen LogP contribution is 2.35. The van der Waals surface area contributed by atoms with Crippen molar-refractivity contribution in [1.82, 2.24) is 0 Å². The highest BCUT2D eigenvalue weighted by Gasteiger charge is 2.47. The minimum absolute atomic E-state index is 0.0978. The molecule has 0 unspecified atom stereocenters. The molecule has 0 atom stereocenters. The Bertz CT molecular complexity index is 1210. The van der Waals surface area contributed by atoms with Gasteiger partial charge in [-0.1, -0.05) is 54.1 Å². The Balaban J connectivity index is 1.91. The molecule has 156 valence electrons. The second-order valence-electron chi connectivity index (χ2n) is 6.11. The summed E-state index contributed by atoms with van der Waals surface area (Å²) in [7, 11) is -5.58. The number of carbonyl (C=O) groups excluding carboxylic acids is 1. The minimum atomic E-state index is -5.58. The summed E-state index contributed by atoms with van der Waals surface area (Å²) in [6, 6.07) is 15.6. The number of phenolic OH excluding ortho intramolecular Hbond substituents is 1. The first-order valence-corrected chi connectivity index (χ1v) is 10.2. The van der Waals surface area contributed by atoms with E-state index in [9.17, 15) is 31.5 Å². The van der Waals surface area contributed by atoms with Crippen molar-refractivity contribution in [3.63, 3.8) is 0 Å². The Morgan fingerprint density at radius 1 is 0.967 bits per heavy atom. The summed E-state index contributed by atoms with van der Waals surface area (Å²) in [5, 5.41) is 12.4. The van der Waals surface area contributed by atoms with Gasteiger partial charge in [0.1, 0.15) is 5.75 Å². The number of phenols is 1. The van der Waals surface area contributed by atoms with Crippen molar-refractivity contribution in [3.8, 4) is 16.9 Å². The molecule has 3 aromatic rings. The molecule has 0 radical (unpaired) electrons. The van der Waals surface area contributed by atoms with E-state index in [-0.39, 0.29) is 17.0 Å². The van der Waals surface area contributed by atoms with E-state index in [0.717, 1.165) is 6.07 Å². The van der Waals surface area contributed by atoms with Crippen LogP contribution in [0.3, 0.4) is 0 Å². The van der Waals surface area contributed by atoms with Gasteiger partial charge < -0.3 is 10.4 Å². The summed E-state index contributed by atoms with van der Waals surface area (Å²) >= 11 is 5.88. The number of anilines is 1. The summed E-state index contributed by atoms with van der Waals surface area (Å²) < 4.78 is 61.0. The van der Waals surface area contributed by atoms with Crippen LogP contribution in [-0.4, -0.2) is 24.9 Å². The average Bonchev–Trinajstić information content (AvgIpc) is 2.69. The van der Waals surface area contributed by atoms with Gasteiger partial charge in [0.15, 0.2) is 0 Å². The lowest BCUT2D eigenvalue weighted by atomic mass is 10.0. The lowest BCUT2D eigenvalue weighted by Gasteiger charge is -2.13. The summed E-state index contributed by atoms with van der Waals surface area (Å²) in [6.45, 7) is 0. The summed E-state index contributed by atoms with van der Waals surface area (Å²) in [5.74, 6) is -1.08. The van der Waals surface area contributed by atoms with E-state index in [2.05, 4.69) is 5.32 Å². The molecule has 0 saturated carbocycles. The molecule has 0 fully saturated rings. The second kappa shape index (κ2) is 8.00. The number of alkyl halides is 3. The maximum Gasteiger partial charge on any atom is 0.501 e. The highest BCUT2D eigenvalue weighted by atomic mass is 35.5. The van der Waals surface area contributed by atoms with Crippen molar-refractivity contribution in [2.75, 3.05) is 5.32 Å². The van der Waals surface area contributed by atoms with Crippen molar-refractivity contribution in [1.29, 1.82) is 0 Å². The molecule has 0 aromatic heterocycles. The first-order chi connectivity index (χ1) is 14.0. The van der Waals surface area contributed by atoms with E-state index in [1.54, 1.807) is 42.5 Å².